The molecule has 3 aromatic heterocycles. The summed E-state index contributed by atoms with van der Waals surface area (Å²) in [6, 6.07) is 10.6. The average Bonchev–Trinajstić information content (AvgIpc) is 3.35. The summed E-state index contributed by atoms with van der Waals surface area (Å²) in [7, 11) is 1.57. The molecule has 9 heteroatoms. The second-order valence-electron chi connectivity index (χ2n) is 8.10. The molecule has 0 radical (unpaired) electrons. The fraction of sp³-hybridized carbons (Fsp3) is 0.240. The molecule has 0 unspecified atom stereocenters. The number of benzene rings is 2. The van der Waals surface area contributed by atoms with Gasteiger partial charge >= 0.3 is 5.76 Å². The number of rotatable bonds is 5. The molecule has 1 N–H and O–H groups in total. The molecule has 0 spiro atoms. The van der Waals surface area contributed by atoms with E-state index in [4.69, 9.17) is 25.3 Å². The Morgan fingerprint density at radius 1 is 1.24 bits per heavy atom. The Balaban J connectivity index is 1.88. The van der Waals surface area contributed by atoms with Crippen LogP contribution >= 0.6 is 11.6 Å². The summed E-state index contributed by atoms with van der Waals surface area (Å²) in [6.07, 6.45) is 0. The van der Waals surface area contributed by atoms with Crippen molar-refractivity contribution in [2.24, 2.45) is 0 Å². The zero-order valence-electron chi connectivity index (χ0n) is 19.0. The van der Waals surface area contributed by atoms with Crippen molar-refractivity contribution in [1.29, 1.82) is 0 Å². The van der Waals surface area contributed by atoms with Crippen LogP contribution in [0.1, 0.15) is 35.7 Å². The Kier molecular flexibility index (Phi) is 5.42. The molecule has 0 aliphatic heterocycles. The SMILES string of the molecule is COc1cc2c(cc1-c1c(C)noc1C)nc(CO)c1oc(=O)n([C@H](C)c3ccccc3Cl)c12. The molecule has 0 aliphatic carbocycles. The standard InChI is InChI=1S/C25H22ClN3O5/c1-12-22(14(3)34-28-12)17-9-19-16(10-21(17)32-4)23-24(20(11-30)27-19)33-25(31)29(23)13(2)15-7-5-6-8-18(15)26/h5-10,13,30H,11H2,1-4H3/t13-/m1/s1. The van der Waals surface area contributed by atoms with Gasteiger partial charge in [0.25, 0.3) is 0 Å². The first-order valence-electron chi connectivity index (χ1n) is 10.7. The van der Waals surface area contributed by atoms with Crippen molar-refractivity contribution in [3.8, 4) is 16.9 Å². The number of hydrogen-bond donors (Lipinski definition) is 1. The van der Waals surface area contributed by atoms with Crippen molar-refractivity contribution in [1.82, 2.24) is 14.7 Å². The van der Waals surface area contributed by atoms with Gasteiger partial charge in [-0.3, -0.25) is 4.57 Å². The minimum absolute atomic E-state index is 0.228. The highest BCUT2D eigenvalue weighted by molar-refractivity contribution is 6.31. The first-order valence-corrected chi connectivity index (χ1v) is 11.1. The summed E-state index contributed by atoms with van der Waals surface area (Å²) in [6.45, 7) is 5.16. The van der Waals surface area contributed by atoms with E-state index in [-0.39, 0.29) is 11.3 Å². The van der Waals surface area contributed by atoms with Gasteiger partial charge in [0.2, 0.25) is 0 Å². The van der Waals surface area contributed by atoms with Crippen LogP contribution in [0.25, 0.3) is 33.1 Å². The number of hydrogen-bond acceptors (Lipinski definition) is 7. The number of aliphatic hydroxyl groups is 1. The number of aromatic nitrogens is 3. The number of methoxy groups -OCH3 is 1. The van der Waals surface area contributed by atoms with Crippen LogP contribution in [-0.2, 0) is 6.61 Å². The second kappa shape index (κ2) is 8.30. The molecule has 5 rings (SSSR count). The Morgan fingerprint density at radius 3 is 2.65 bits per heavy atom. The average molecular weight is 480 g/mol. The molecule has 0 saturated carbocycles. The Hall–Kier alpha value is -3.62. The predicted octanol–water partition coefficient (Wildman–Crippen LogP) is 5.18. The van der Waals surface area contributed by atoms with Gasteiger partial charge in [0.05, 0.1) is 36.5 Å². The number of nitrogens with zero attached hydrogens (tertiary/aromatic N) is 3. The van der Waals surface area contributed by atoms with Gasteiger partial charge in [0.15, 0.2) is 5.58 Å². The van der Waals surface area contributed by atoms with E-state index < -0.39 is 18.4 Å². The molecule has 0 saturated heterocycles. The lowest BCUT2D eigenvalue weighted by atomic mass is 10.00. The van der Waals surface area contributed by atoms with Crippen molar-refractivity contribution < 1.29 is 18.8 Å². The van der Waals surface area contributed by atoms with Crippen LogP contribution in [0.4, 0.5) is 0 Å². The quantitative estimate of drug-likeness (QED) is 0.370. The highest BCUT2D eigenvalue weighted by Crippen LogP contribution is 2.40. The number of halogens is 1. The first-order chi connectivity index (χ1) is 16.3. The largest absolute Gasteiger partial charge is 0.496 e. The van der Waals surface area contributed by atoms with Crippen molar-refractivity contribution in [2.45, 2.75) is 33.4 Å². The highest BCUT2D eigenvalue weighted by Gasteiger charge is 2.25. The summed E-state index contributed by atoms with van der Waals surface area (Å²) in [4.78, 5) is 17.7. The Bertz CT molecular complexity index is 1600. The van der Waals surface area contributed by atoms with E-state index in [0.29, 0.717) is 38.6 Å². The van der Waals surface area contributed by atoms with Crippen molar-refractivity contribution in [3.05, 3.63) is 74.7 Å². The zero-order chi connectivity index (χ0) is 24.1. The lowest BCUT2D eigenvalue weighted by molar-refractivity contribution is 0.277. The van der Waals surface area contributed by atoms with Crippen molar-refractivity contribution in [2.75, 3.05) is 7.11 Å². The molecule has 2 aromatic carbocycles. The molecule has 34 heavy (non-hydrogen) atoms. The van der Waals surface area contributed by atoms with E-state index in [1.54, 1.807) is 13.2 Å². The van der Waals surface area contributed by atoms with Gasteiger partial charge in [0, 0.05) is 16.0 Å². The zero-order valence-corrected chi connectivity index (χ0v) is 19.8. The molecule has 0 amide bonds. The van der Waals surface area contributed by atoms with E-state index >= 15 is 0 Å². The third-order valence-electron chi connectivity index (χ3n) is 6.13. The minimum Gasteiger partial charge on any atom is -0.496 e. The normalized spacial score (nSPS) is 12.5. The van der Waals surface area contributed by atoms with E-state index in [1.807, 2.05) is 51.1 Å². The van der Waals surface area contributed by atoms with Crippen LogP contribution in [0.5, 0.6) is 5.75 Å². The summed E-state index contributed by atoms with van der Waals surface area (Å²) < 4.78 is 18.2. The molecular weight excluding hydrogens is 458 g/mol. The maximum Gasteiger partial charge on any atom is 0.420 e. The number of oxazole rings is 1. The molecular formula is C25H22ClN3O5. The topological polar surface area (TPSA) is 104 Å². The Labute approximate surface area is 199 Å². The lowest BCUT2D eigenvalue weighted by Gasteiger charge is -2.17. The maximum absolute atomic E-state index is 13.1. The van der Waals surface area contributed by atoms with Crippen LogP contribution in [0.15, 0.2) is 50.1 Å². The number of aryl methyl sites for hydroxylation is 2. The second-order valence-corrected chi connectivity index (χ2v) is 8.51. The third-order valence-corrected chi connectivity index (χ3v) is 6.47. The predicted molar refractivity (Wildman–Crippen MR) is 128 cm³/mol. The van der Waals surface area contributed by atoms with Gasteiger partial charge in [-0.25, -0.2) is 9.78 Å². The minimum atomic E-state index is -0.569. The van der Waals surface area contributed by atoms with Crippen LogP contribution < -0.4 is 10.5 Å². The fourth-order valence-electron chi connectivity index (χ4n) is 4.52. The number of pyridine rings is 1. The first kappa shape index (κ1) is 22.2. The van der Waals surface area contributed by atoms with Gasteiger partial charge in [-0.2, -0.15) is 0 Å². The van der Waals surface area contributed by atoms with Gasteiger partial charge in [-0.15, -0.1) is 0 Å². The molecule has 8 nitrogen and oxygen atoms in total. The third kappa shape index (κ3) is 3.29. The van der Waals surface area contributed by atoms with Gasteiger partial charge in [-0.1, -0.05) is 35.0 Å². The van der Waals surface area contributed by atoms with Gasteiger partial charge in [0.1, 0.15) is 22.7 Å². The van der Waals surface area contributed by atoms with E-state index in [2.05, 4.69) is 10.1 Å². The maximum atomic E-state index is 13.1. The monoisotopic (exact) mass is 479 g/mol. The van der Waals surface area contributed by atoms with E-state index in [9.17, 15) is 9.90 Å². The number of fused-ring (bicyclic) bond motifs is 3. The molecule has 0 aliphatic rings. The smallest absolute Gasteiger partial charge is 0.420 e. The Morgan fingerprint density at radius 2 is 2.00 bits per heavy atom. The molecule has 0 bridgehead atoms. The summed E-state index contributed by atoms with van der Waals surface area (Å²) >= 11 is 6.44. The van der Waals surface area contributed by atoms with Gasteiger partial charge in [-0.05, 0) is 44.5 Å². The fourth-order valence-corrected chi connectivity index (χ4v) is 4.82. The summed E-state index contributed by atoms with van der Waals surface area (Å²) in [5.41, 5.74) is 4.60. The van der Waals surface area contributed by atoms with Crippen LogP contribution in [0, 0.1) is 13.8 Å². The number of aliphatic hydroxyl groups excluding tert-OH is 1. The number of ether oxygens (including phenoxy) is 1. The van der Waals surface area contributed by atoms with E-state index in [0.717, 1.165) is 16.7 Å². The lowest BCUT2D eigenvalue weighted by Crippen LogP contribution is -2.19. The molecule has 0 fully saturated rings. The van der Waals surface area contributed by atoms with Crippen LogP contribution in [0.3, 0.4) is 0 Å². The molecule has 5 aromatic rings. The van der Waals surface area contributed by atoms with Crippen LogP contribution in [-0.4, -0.2) is 26.9 Å². The van der Waals surface area contributed by atoms with Crippen LogP contribution in [0.2, 0.25) is 5.02 Å². The van der Waals surface area contributed by atoms with E-state index in [1.165, 1.54) is 4.57 Å². The molecule has 174 valence electrons. The summed E-state index contributed by atoms with van der Waals surface area (Å²) in [5.74, 6) is 0.638. The highest BCUT2D eigenvalue weighted by atomic mass is 35.5. The molecule has 3 heterocycles. The van der Waals surface area contributed by atoms with Crippen molar-refractivity contribution >= 4 is 33.6 Å². The van der Waals surface area contributed by atoms with Crippen molar-refractivity contribution in [3.63, 3.8) is 0 Å². The van der Waals surface area contributed by atoms with Gasteiger partial charge < -0.3 is 18.8 Å². The molecule has 1 atom stereocenters. The summed E-state index contributed by atoms with van der Waals surface area (Å²) in [5, 5.41) is 15.3.